The van der Waals surface area contributed by atoms with Crippen LogP contribution in [-0.2, 0) is 9.47 Å². The van der Waals surface area contributed by atoms with E-state index in [9.17, 15) is 0 Å². The highest BCUT2D eigenvalue weighted by Gasteiger charge is 2.26. The average molecular weight is 185 g/mol. The molecule has 76 valence electrons. The number of rotatable bonds is 3. The molecule has 0 aromatic rings. The van der Waals surface area contributed by atoms with Gasteiger partial charge in [0, 0.05) is 18.6 Å². The monoisotopic (exact) mass is 185 g/mol. The molecule has 2 rings (SSSR count). The predicted molar refractivity (Wildman–Crippen MR) is 50.5 cm³/mol. The maximum atomic E-state index is 5.91. The predicted octanol–water partition coefficient (Wildman–Crippen LogP) is 0.919. The van der Waals surface area contributed by atoms with Gasteiger partial charge in [0.25, 0.3) is 0 Å². The van der Waals surface area contributed by atoms with Crippen molar-refractivity contribution < 1.29 is 9.47 Å². The Morgan fingerprint density at radius 2 is 2.23 bits per heavy atom. The highest BCUT2D eigenvalue weighted by Crippen LogP contribution is 2.22. The number of hydrogen-bond acceptors (Lipinski definition) is 3. The highest BCUT2D eigenvalue weighted by atomic mass is 16.5. The Morgan fingerprint density at radius 3 is 2.85 bits per heavy atom. The largest absolute Gasteiger partial charge is 0.381 e. The van der Waals surface area contributed by atoms with Crippen LogP contribution in [0, 0.1) is 5.92 Å². The lowest BCUT2D eigenvalue weighted by atomic mass is 10.1. The van der Waals surface area contributed by atoms with E-state index in [1.165, 1.54) is 6.42 Å². The van der Waals surface area contributed by atoms with Crippen LogP contribution in [0.5, 0.6) is 0 Å². The SMILES string of the molecule is NC1CCCC1OCC1CCOC1. The molecule has 0 amide bonds. The minimum absolute atomic E-state index is 0.280. The van der Waals surface area contributed by atoms with Gasteiger partial charge < -0.3 is 15.2 Å². The molecule has 0 bridgehead atoms. The van der Waals surface area contributed by atoms with E-state index in [0.29, 0.717) is 12.0 Å². The Kier molecular flexibility index (Phi) is 3.19. The van der Waals surface area contributed by atoms with Gasteiger partial charge in [0.05, 0.1) is 19.3 Å². The first-order chi connectivity index (χ1) is 6.36. The van der Waals surface area contributed by atoms with Crippen molar-refractivity contribution in [3.05, 3.63) is 0 Å². The Labute approximate surface area is 79.6 Å². The molecule has 13 heavy (non-hydrogen) atoms. The maximum Gasteiger partial charge on any atom is 0.0726 e. The number of ether oxygens (including phenoxy) is 2. The topological polar surface area (TPSA) is 44.5 Å². The summed E-state index contributed by atoms with van der Waals surface area (Å²) in [5, 5.41) is 0. The van der Waals surface area contributed by atoms with E-state index in [2.05, 4.69) is 0 Å². The summed E-state index contributed by atoms with van der Waals surface area (Å²) in [6.45, 7) is 2.63. The minimum atomic E-state index is 0.280. The highest BCUT2D eigenvalue weighted by molar-refractivity contribution is 4.81. The van der Waals surface area contributed by atoms with E-state index in [0.717, 1.165) is 39.1 Å². The quantitative estimate of drug-likeness (QED) is 0.711. The van der Waals surface area contributed by atoms with Gasteiger partial charge in [-0.25, -0.2) is 0 Å². The molecule has 2 fully saturated rings. The molecule has 1 heterocycles. The van der Waals surface area contributed by atoms with Crippen LogP contribution in [0.1, 0.15) is 25.7 Å². The molecule has 2 aliphatic rings. The summed E-state index contributed by atoms with van der Waals surface area (Å²) < 4.78 is 11.1. The van der Waals surface area contributed by atoms with Crippen LogP contribution in [0.2, 0.25) is 0 Å². The van der Waals surface area contributed by atoms with Gasteiger partial charge in [0.2, 0.25) is 0 Å². The Hall–Kier alpha value is -0.120. The second kappa shape index (κ2) is 4.40. The van der Waals surface area contributed by atoms with Crippen molar-refractivity contribution in [2.45, 2.75) is 37.8 Å². The van der Waals surface area contributed by atoms with Crippen molar-refractivity contribution in [3.8, 4) is 0 Å². The summed E-state index contributed by atoms with van der Waals surface area (Å²) in [4.78, 5) is 0. The fourth-order valence-corrected chi connectivity index (χ4v) is 2.14. The molecule has 1 saturated carbocycles. The van der Waals surface area contributed by atoms with Crippen molar-refractivity contribution in [1.82, 2.24) is 0 Å². The molecule has 0 aromatic carbocycles. The molecule has 0 radical (unpaired) electrons. The third kappa shape index (κ3) is 2.42. The zero-order valence-corrected chi connectivity index (χ0v) is 8.08. The second-order valence-electron chi connectivity index (χ2n) is 4.20. The molecule has 1 saturated heterocycles. The fourth-order valence-electron chi connectivity index (χ4n) is 2.14. The first-order valence-electron chi connectivity index (χ1n) is 5.31. The molecule has 3 nitrogen and oxygen atoms in total. The van der Waals surface area contributed by atoms with Crippen LogP contribution in [0.3, 0.4) is 0 Å². The van der Waals surface area contributed by atoms with Gasteiger partial charge in [0.1, 0.15) is 0 Å². The molecule has 1 aliphatic carbocycles. The third-order valence-electron chi connectivity index (χ3n) is 3.07. The average Bonchev–Trinajstić information content (AvgIpc) is 2.72. The van der Waals surface area contributed by atoms with Gasteiger partial charge in [-0.15, -0.1) is 0 Å². The zero-order valence-electron chi connectivity index (χ0n) is 8.08. The molecular weight excluding hydrogens is 166 g/mol. The van der Waals surface area contributed by atoms with E-state index < -0.39 is 0 Å². The zero-order chi connectivity index (χ0) is 9.10. The standard InChI is InChI=1S/C10H19NO2/c11-9-2-1-3-10(9)13-7-8-4-5-12-6-8/h8-10H,1-7,11H2. The first-order valence-corrected chi connectivity index (χ1v) is 5.31. The molecule has 2 N–H and O–H groups in total. The molecule has 3 unspecified atom stereocenters. The van der Waals surface area contributed by atoms with Crippen LogP contribution in [0.25, 0.3) is 0 Å². The molecule has 3 heteroatoms. The molecular formula is C10H19NO2. The van der Waals surface area contributed by atoms with Crippen LogP contribution < -0.4 is 5.73 Å². The Balaban J connectivity index is 1.66. The van der Waals surface area contributed by atoms with Crippen molar-refractivity contribution in [3.63, 3.8) is 0 Å². The van der Waals surface area contributed by atoms with Crippen LogP contribution in [0.15, 0.2) is 0 Å². The number of hydrogen-bond donors (Lipinski definition) is 1. The summed E-state index contributed by atoms with van der Waals surface area (Å²) in [6.07, 6.45) is 4.98. The second-order valence-corrected chi connectivity index (χ2v) is 4.20. The Morgan fingerprint density at radius 1 is 1.31 bits per heavy atom. The lowest BCUT2D eigenvalue weighted by molar-refractivity contribution is 0.0221. The van der Waals surface area contributed by atoms with Crippen molar-refractivity contribution >= 4 is 0 Å². The summed E-state index contributed by atoms with van der Waals surface area (Å²) in [6, 6.07) is 0.280. The minimum Gasteiger partial charge on any atom is -0.381 e. The van der Waals surface area contributed by atoms with E-state index in [1.807, 2.05) is 0 Å². The van der Waals surface area contributed by atoms with E-state index in [1.54, 1.807) is 0 Å². The van der Waals surface area contributed by atoms with Gasteiger partial charge in [-0.05, 0) is 25.7 Å². The summed E-state index contributed by atoms with van der Waals surface area (Å²) in [5.74, 6) is 0.618. The molecule has 0 aromatic heterocycles. The lowest BCUT2D eigenvalue weighted by Crippen LogP contribution is -2.32. The fraction of sp³-hybridized carbons (Fsp3) is 1.00. The Bertz CT molecular complexity index is 157. The van der Waals surface area contributed by atoms with Crippen molar-refractivity contribution in [1.29, 1.82) is 0 Å². The third-order valence-corrected chi connectivity index (χ3v) is 3.07. The number of nitrogens with two attached hydrogens (primary N) is 1. The van der Waals surface area contributed by atoms with Gasteiger partial charge in [-0.1, -0.05) is 0 Å². The van der Waals surface area contributed by atoms with Crippen molar-refractivity contribution in [2.75, 3.05) is 19.8 Å². The van der Waals surface area contributed by atoms with Crippen LogP contribution in [0.4, 0.5) is 0 Å². The van der Waals surface area contributed by atoms with Gasteiger partial charge in [-0.3, -0.25) is 0 Å². The van der Waals surface area contributed by atoms with Gasteiger partial charge >= 0.3 is 0 Å². The first kappa shape index (κ1) is 9.44. The summed E-state index contributed by atoms with van der Waals surface area (Å²) in [7, 11) is 0. The van der Waals surface area contributed by atoms with E-state index >= 15 is 0 Å². The van der Waals surface area contributed by atoms with Crippen molar-refractivity contribution in [2.24, 2.45) is 11.7 Å². The molecule has 0 spiro atoms. The molecule has 3 atom stereocenters. The maximum absolute atomic E-state index is 5.91. The summed E-state index contributed by atoms with van der Waals surface area (Å²) >= 11 is 0. The van der Waals surface area contributed by atoms with Crippen LogP contribution in [-0.4, -0.2) is 32.0 Å². The van der Waals surface area contributed by atoms with E-state index in [-0.39, 0.29) is 6.04 Å². The normalized spacial score (nSPS) is 39.9. The molecule has 1 aliphatic heterocycles. The van der Waals surface area contributed by atoms with Gasteiger partial charge in [-0.2, -0.15) is 0 Å². The lowest BCUT2D eigenvalue weighted by Gasteiger charge is -2.18. The van der Waals surface area contributed by atoms with E-state index in [4.69, 9.17) is 15.2 Å². The summed E-state index contributed by atoms with van der Waals surface area (Å²) in [5.41, 5.74) is 5.91. The smallest absolute Gasteiger partial charge is 0.0726 e. The van der Waals surface area contributed by atoms with Gasteiger partial charge in [0.15, 0.2) is 0 Å². The van der Waals surface area contributed by atoms with Crippen LogP contribution >= 0.6 is 0 Å².